The van der Waals surface area contributed by atoms with Crippen molar-refractivity contribution < 1.29 is 0 Å². The van der Waals surface area contributed by atoms with E-state index in [9.17, 15) is 0 Å². The summed E-state index contributed by atoms with van der Waals surface area (Å²) in [6, 6.07) is 6.34. The highest BCUT2D eigenvalue weighted by molar-refractivity contribution is 5.42. The maximum atomic E-state index is 4.13. The number of hydrogen-bond acceptors (Lipinski definition) is 3. The van der Waals surface area contributed by atoms with Gasteiger partial charge in [0.05, 0.1) is 5.69 Å². The summed E-state index contributed by atoms with van der Waals surface area (Å²) < 4.78 is 1.79. The van der Waals surface area contributed by atoms with Crippen molar-refractivity contribution in [2.24, 2.45) is 0 Å². The molecule has 0 radical (unpaired) electrons. The Kier molecular flexibility index (Phi) is 2.78. The second kappa shape index (κ2) is 4.23. The van der Waals surface area contributed by atoms with Gasteiger partial charge in [-0.1, -0.05) is 12.1 Å². The zero-order valence-corrected chi connectivity index (χ0v) is 8.94. The van der Waals surface area contributed by atoms with Crippen LogP contribution in [0, 0.1) is 6.92 Å². The van der Waals surface area contributed by atoms with Gasteiger partial charge < -0.3 is 5.32 Å². The normalized spacial score (nSPS) is 10.5. The van der Waals surface area contributed by atoms with E-state index in [2.05, 4.69) is 40.5 Å². The Morgan fingerprint density at radius 1 is 1.40 bits per heavy atom. The van der Waals surface area contributed by atoms with E-state index in [1.165, 1.54) is 11.1 Å². The molecule has 2 rings (SSSR count). The lowest BCUT2D eigenvalue weighted by molar-refractivity contribution is 0.809. The van der Waals surface area contributed by atoms with Crippen LogP contribution in [0.15, 0.2) is 30.9 Å². The topological polar surface area (TPSA) is 42.7 Å². The van der Waals surface area contributed by atoms with Crippen molar-refractivity contribution in [3.8, 4) is 5.69 Å². The quantitative estimate of drug-likeness (QED) is 0.815. The molecule has 1 heterocycles. The summed E-state index contributed by atoms with van der Waals surface area (Å²) in [5, 5.41) is 7.26. The Morgan fingerprint density at radius 2 is 2.27 bits per heavy atom. The fourth-order valence-corrected chi connectivity index (χ4v) is 1.55. The molecule has 1 aromatic heterocycles. The highest BCUT2D eigenvalue weighted by Crippen LogP contribution is 2.14. The molecule has 0 amide bonds. The summed E-state index contributed by atoms with van der Waals surface area (Å²) in [4.78, 5) is 3.95. The van der Waals surface area contributed by atoms with Crippen molar-refractivity contribution in [3.05, 3.63) is 42.0 Å². The van der Waals surface area contributed by atoms with Crippen LogP contribution in [0.1, 0.15) is 11.1 Å². The molecule has 0 atom stereocenters. The van der Waals surface area contributed by atoms with E-state index < -0.39 is 0 Å². The van der Waals surface area contributed by atoms with Crippen molar-refractivity contribution in [1.29, 1.82) is 0 Å². The summed E-state index contributed by atoms with van der Waals surface area (Å²) in [5.74, 6) is 0. The minimum absolute atomic E-state index is 0.863. The van der Waals surface area contributed by atoms with Crippen LogP contribution in [0.25, 0.3) is 5.69 Å². The SMILES string of the molecule is CNCc1ccc(C)c(-n2cncn2)c1. The first-order chi connectivity index (χ1) is 7.31. The maximum absolute atomic E-state index is 4.13. The molecule has 0 saturated carbocycles. The van der Waals surface area contributed by atoms with Crippen LogP contribution < -0.4 is 5.32 Å². The predicted octanol–water partition coefficient (Wildman–Crippen LogP) is 1.30. The van der Waals surface area contributed by atoms with Gasteiger partial charge in [-0.05, 0) is 31.2 Å². The largest absolute Gasteiger partial charge is 0.316 e. The summed E-state index contributed by atoms with van der Waals surface area (Å²) in [6.07, 6.45) is 3.26. The lowest BCUT2D eigenvalue weighted by Crippen LogP contribution is -2.06. The van der Waals surface area contributed by atoms with Crippen molar-refractivity contribution in [2.45, 2.75) is 13.5 Å². The van der Waals surface area contributed by atoms with E-state index >= 15 is 0 Å². The molecule has 0 unspecified atom stereocenters. The first kappa shape index (κ1) is 9.86. The summed E-state index contributed by atoms with van der Waals surface area (Å²) in [5.41, 5.74) is 3.52. The van der Waals surface area contributed by atoms with Crippen LogP contribution in [-0.4, -0.2) is 21.8 Å². The summed E-state index contributed by atoms with van der Waals surface area (Å²) in [7, 11) is 1.94. The molecule has 0 saturated heterocycles. The van der Waals surface area contributed by atoms with E-state index in [0.29, 0.717) is 0 Å². The molecule has 0 aliphatic carbocycles. The van der Waals surface area contributed by atoms with Gasteiger partial charge in [-0.3, -0.25) is 0 Å². The monoisotopic (exact) mass is 202 g/mol. The Labute approximate surface area is 89.0 Å². The molecule has 0 spiro atoms. The molecule has 0 aliphatic heterocycles. The van der Waals surface area contributed by atoms with Crippen LogP contribution >= 0.6 is 0 Å². The van der Waals surface area contributed by atoms with Gasteiger partial charge in [0.25, 0.3) is 0 Å². The molecule has 4 heteroatoms. The van der Waals surface area contributed by atoms with E-state index in [0.717, 1.165) is 12.2 Å². The number of hydrogen-bond donors (Lipinski definition) is 1. The molecule has 2 aromatic rings. The maximum Gasteiger partial charge on any atom is 0.138 e. The molecular weight excluding hydrogens is 188 g/mol. The molecule has 1 aromatic carbocycles. The Balaban J connectivity index is 2.41. The average Bonchev–Trinajstić information content (AvgIpc) is 2.74. The van der Waals surface area contributed by atoms with Crippen LogP contribution in [0.5, 0.6) is 0 Å². The molecule has 15 heavy (non-hydrogen) atoms. The van der Waals surface area contributed by atoms with Crippen molar-refractivity contribution in [2.75, 3.05) is 7.05 Å². The molecule has 0 bridgehead atoms. The minimum Gasteiger partial charge on any atom is -0.316 e. The third-order valence-electron chi connectivity index (χ3n) is 2.32. The standard InChI is InChI=1S/C11H14N4/c1-9-3-4-10(6-12-2)5-11(9)15-8-13-7-14-15/h3-5,7-8,12H,6H2,1-2H3. The Morgan fingerprint density at radius 3 is 2.93 bits per heavy atom. The van der Waals surface area contributed by atoms with Crippen molar-refractivity contribution in [3.63, 3.8) is 0 Å². The molecular formula is C11H14N4. The van der Waals surface area contributed by atoms with Gasteiger partial charge in [0, 0.05) is 6.54 Å². The van der Waals surface area contributed by atoms with Gasteiger partial charge in [-0.2, -0.15) is 5.10 Å². The lowest BCUT2D eigenvalue weighted by atomic mass is 10.1. The van der Waals surface area contributed by atoms with Gasteiger partial charge in [-0.25, -0.2) is 9.67 Å². The van der Waals surface area contributed by atoms with E-state index in [4.69, 9.17) is 0 Å². The molecule has 0 fully saturated rings. The second-order valence-corrected chi connectivity index (χ2v) is 3.49. The third kappa shape index (κ3) is 2.05. The van der Waals surface area contributed by atoms with Gasteiger partial charge in [-0.15, -0.1) is 0 Å². The zero-order valence-electron chi connectivity index (χ0n) is 8.94. The summed E-state index contributed by atoms with van der Waals surface area (Å²) >= 11 is 0. The number of rotatable bonds is 3. The van der Waals surface area contributed by atoms with E-state index in [1.807, 2.05) is 7.05 Å². The molecule has 1 N–H and O–H groups in total. The van der Waals surface area contributed by atoms with Gasteiger partial charge >= 0.3 is 0 Å². The minimum atomic E-state index is 0.863. The fraction of sp³-hybridized carbons (Fsp3) is 0.273. The third-order valence-corrected chi connectivity index (χ3v) is 2.32. The van der Waals surface area contributed by atoms with Gasteiger partial charge in [0.2, 0.25) is 0 Å². The van der Waals surface area contributed by atoms with Gasteiger partial charge in [0.1, 0.15) is 12.7 Å². The average molecular weight is 202 g/mol. The van der Waals surface area contributed by atoms with Crippen LogP contribution in [0.4, 0.5) is 0 Å². The lowest BCUT2D eigenvalue weighted by Gasteiger charge is -2.07. The molecule has 0 aliphatic rings. The Bertz CT molecular complexity index is 434. The van der Waals surface area contributed by atoms with Crippen molar-refractivity contribution in [1.82, 2.24) is 20.1 Å². The van der Waals surface area contributed by atoms with Crippen LogP contribution in [0.2, 0.25) is 0 Å². The second-order valence-electron chi connectivity index (χ2n) is 3.49. The number of aryl methyl sites for hydroxylation is 1. The molecule has 4 nitrogen and oxygen atoms in total. The Hall–Kier alpha value is -1.68. The van der Waals surface area contributed by atoms with Gasteiger partial charge in [0.15, 0.2) is 0 Å². The number of nitrogens with zero attached hydrogens (tertiary/aromatic N) is 3. The smallest absolute Gasteiger partial charge is 0.138 e. The predicted molar refractivity (Wildman–Crippen MR) is 58.9 cm³/mol. The van der Waals surface area contributed by atoms with Crippen LogP contribution in [-0.2, 0) is 6.54 Å². The molecule has 78 valence electrons. The number of aromatic nitrogens is 3. The van der Waals surface area contributed by atoms with Crippen molar-refractivity contribution >= 4 is 0 Å². The zero-order chi connectivity index (χ0) is 10.7. The van der Waals surface area contributed by atoms with E-state index in [1.54, 1.807) is 17.3 Å². The highest BCUT2D eigenvalue weighted by atomic mass is 15.3. The summed E-state index contributed by atoms with van der Waals surface area (Å²) in [6.45, 7) is 2.93. The first-order valence-electron chi connectivity index (χ1n) is 4.90. The van der Waals surface area contributed by atoms with E-state index in [-0.39, 0.29) is 0 Å². The number of nitrogens with one attached hydrogen (secondary N) is 1. The van der Waals surface area contributed by atoms with Crippen LogP contribution in [0.3, 0.4) is 0 Å². The highest BCUT2D eigenvalue weighted by Gasteiger charge is 2.02. The fourth-order valence-electron chi connectivity index (χ4n) is 1.55. The number of benzene rings is 1. The first-order valence-corrected chi connectivity index (χ1v) is 4.90.